The highest BCUT2D eigenvalue weighted by molar-refractivity contribution is 7.15. The number of ether oxygens (including phenoxy) is 1. The van der Waals surface area contributed by atoms with Crippen LogP contribution in [0, 0.1) is 0 Å². The number of hydrogen-bond donors (Lipinski definition) is 0. The molecule has 1 fully saturated rings. The Morgan fingerprint density at radius 3 is 3.33 bits per heavy atom. The fourth-order valence-electron chi connectivity index (χ4n) is 2.35. The number of fused-ring (bicyclic) bond motifs is 1. The number of Topliss-reactive ketones (excluding diaryl/α,β-unsaturated/α-hetero) is 1. The lowest BCUT2D eigenvalue weighted by Gasteiger charge is -2.07. The minimum atomic E-state index is 0.260. The first-order chi connectivity index (χ1) is 8.81. The van der Waals surface area contributed by atoms with E-state index in [1.807, 2.05) is 22.2 Å². The van der Waals surface area contributed by atoms with Crippen LogP contribution < -0.4 is 0 Å². The average Bonchev–Trinajstić information content (AvgIpc) is 3.01. The lowest BCUT2D eigenvalue weighted by Crippen LogP contribution is -2.10. The zero-order valence-corrected chi connectivity index (χ0v) is 11.0. The molecular weight excluding hydrogens is 248 g/mol. The highest BCUT2D eigenvalue weighted by atomic mass is 32.1. The second-order valence-electron chi connectivity index (χ2n) is 4.71. The van der Waals surface area contributed by atoms with Gasteiger partial charge in [0.15, 0.2) is 4.96 Å². The second kappa shape index (κ2) is 5.20. The van der Waals surface area contributed by atoms with Crippen molar-refractivity contribution in [2.24, 2.45) is 0 Å². The highest BCUT2D eigenvalue weighted by Gasteiger charge is 2.17. The first kappa shape index (κ1) is 11.9. The maximum Gasteiger partial charge on any atom is 0.193 e. The van der Waals surface area contributed by atoms with Gasteiger partial charge in [-0.05, 0) is 19.3 Å². The molecule has 96 valence electrons. The molecule has 1 unspecified atom stereocenters. The van der Waals surface area contributed by atoms with Crippen molar-refractivity contribution >= 4 is 22.1 Å². The van der Waals surface area contributed by atoms with Crippen molar-refractivity contribution in [3.8, 4) is 0 Å². The first-order valence-corrected chi connectivity index (χ1v) is 7.23. The predicted molar refractivity (Wildman–Crippen MR) is 70.0 cm³/mol. The quantitative estimate of drug-likeness (QED) is 0.833. The van der Waals surface area contributed by atoms with Crippen LogP contribution in [0.3, 0.4) is 0 Å². The fourth-order valence-corrected chi connectivity index (χ4v) is 3.06. The second-order valence-corrected chi connectivity index (χ2v) is 5.59. The SMILES string of the molecule is O=C(CCC1CCCO1)Cc1cn2ccsc2n1. The largest absolute Gasteiger partial charge is 0.378 e. The third-order valence-corrected chi connectivity index (χ3v) is 4.06. The molecule has 1 saturated heterocycles. The van der Waals surface area contributed by atoms with Crippen LogP contribution in [0.1, 0.15) is 31.4 Å². The van der Waals surface area contributed by atoms with E-state index in [4.69, 9.17) is 4.74 Å². The Labute approximate surface area is 110 Å². The molecule has 5 heteroatoms. The average molecular weight is 264 g/mol. The molecule has 1 atom stereocenters. The van der Waals surface area contributed by atoms with Gasteiger partial charge in [0.1, 0.15) is 5.78 Å². The summed E-state index contributed by atoms with van der Waals surface area (Å²) < 4.78 is 7.48. The summed E-state index contributed by atoms with van der Waals surface area (Å²) >= 11 is 1.59. The van der Waals surface area contributed by atoms with Crippen molar-refractivity contribution in [3.05, 3.63) is 23.5 Å². The number of carbonyl (C=O) groups excluding carboxylic acids is 1. The summed E-state index contributed by atoms with van der Waals surface area (Å²) in [6.07, 6.45) is 8.37. The summed E-state index contributed by atoms with van der Waals surface area (Å²) in [5.74, 6) is 0.260. The van der Waals surface area contributed by atoms with Gasteiger partial charge in [0.05, 0.1) is 18.2 Å². The van der Waals surface area contributed by atoms with Crippen molar-refractivity contribution < 1.29 is 9.53 Å². The van der Waals surface area contributed by atoms with E-state index in [2.05, 4.69) is 4.98 Å². The lowest BCUT2D eigenvalue weighted by molar-refractivity contribution is -0.119. The van der Waals surface area contributed by atoms with E-state index in [-0.39, 0.29) is 5.78 Å². The van der Waals surface area contributed by atoms with E-state index in [9.17, 15) is 4.79 Å². The summed E-state index contributed by atoms with van der Waals surface area (Å²) in [5, 5.41) is 1.99. The molecule has 0 aromatic carbocycles. The van der Waals surface area contributed by atoms with E-state index in [0.717, 1.165) is 36.5 Å². The third kappa shape index (κ3) is 2.62. The van der Waals surface area contributed by atoms with Gasteiger partial charge in [-0.25, -0.2) is 4.98 Å². The van der Waals surface area contributed by atoms with Crippen molar-refractivity contribution in [1.29, 1.82) is 0 Å². The van der Waals surface area contributed by atoms with Crippen molar-refractivity contribution in [2.45, 2.75) is 38.2 Å². The summed E-state index contributed by atoms with van der Waals surface area (Å²) in [5.41, 5.74) is 0.874. The molecule has 0 bridgehead atoms. The van der Waals surface area contributed by atoms with Crippen molar-refractivity contribution in [1.82, 2.24) is 9.38 Å². The number of carbonyl (C=O) groups is 1. The monoisotopic (exact) mass is 264 g/mol. The summed E-state index contributed by atoms with van der Waals surface area (Å²) in [7, 11) is 0. The molecule has 3 heterocycles. The zero-order valence-electron chi connectivity index (χ0n) is 10.2. The van der Waals surface area contributed by atoms with Gasteiger partial charge >= 0.3 is 0 Å². The molecule has 1 aliphatic heterocycles. The van der Waals surface area contributed by atoms with E-state index < -0.39 is 0 Å². The van der Waals surface area contributed by atoms with Crippen LogP contribution in [-0.4, -0.2) is 27.9 Å². The van der Waals surface area contributed by atoms with Gasteiger partial charge < -0.3 is 4.74 Å². The first-order valence-electron chi connectivity index (χ1n) is 6.35. The normalized spacial score (nSPS) is 19.7. The summed E-state index contributed by atoms with van der Waals surface area (Å²) in [4.78, 5) is 17.2. The standard InChI is InChI=1S/C13H16N2O2S/c16-11(3-4-12-2-1-6-17-12)8-10-9-15-5-7-18-13(15)14-10/h5,7,9,12H,1-4,6,8H2. The highest BCUT2D eigenvalue weighted by Crippen LogP contribution is 2.18. The minimum absolute atomic E-state index is 0.260. The fraction of sp³-hybridized carbons (Fsp3) is 0.538. The Hall–Kier alpha value is -1.20. The molecule has 4 nitrogen and oxygen atoms in total. The molecule has 1 aliphatic rings. The molecule has 0 aliphatic carbocycles. The minimum Gasteiger partial charge on any atom is -0.378 e. The number of rotatable bonds is 5. The Morgan fingerprint density at radius 2 is 2.56 bits per heavy atom. The number of aromatic nitrogens is 2. The maximum absolute atomic E-state index is 11.9. The molecular formula is C13H16N2O2S. The van der Waals surface area contributed by atoms with Crippen LogP contribution in [-0.2, 0) is 16.0 Å². The van der Waals surface area contributed by atoms with E-state index >= 15 is 0 Å². The number of hydrogen-bond acceptors (Lipinski definition) is 4. The molecule has 3 rings (SSSR count). The Balaban J connectivity index is 1.52. The van der Waals surface area contributed by atoms with E-state index in [1.54, 1.807) is 11.3 Å². The van der Waals surface area contributed by atoms with Gasteiger partial charge in [-0.2, -0.15) is 0 Å². The van der Waals surface area contributed by atoms with E-state index in [1.165, 1.54) is 0 Å². The maximum atomic E-state index is 11.9. The molecule has 0 radical (unpaired) electrons. The van der Waals surface area contributed by atoms with Crippen LogP contribution in [0.25, 0.3) is 4.96 Å². The van der Waals surface area contributed by atoms with Crippen LogP contribution in [0.15, 0.2) is 17.8 Å². The third-order valence-electron chi connectivity index (χ3n) is 3.29. The Morgan fingerprint density at radius 1 is 1.61 bits per heavy atom. The Bertz CT molecular complexity index is 511. The molecule has 0 saturated carbocycles. The molecule has 2 aromatic heterocycles. The molecule has 2 aromatic rings. The van der Waals surface area contributed by atoms with Gasteiger partial charge in [0, 0.05) is 30.8 Å². The lowest BCUT2D eigenvalue weighted by atomic mass is 10.1. The van der Waals surface area contributed by atoms with Crippen molar-refractivity contribution in [3.63, 3.8) is 0 Å². The predicted octanol–water partition coefficient (Wildman–Crippen LogP) is 2.47. The smallest absolute Gasteiger partial charge is 0.193 e. The molecule has 0 spiro atoms. The van der Waals surface area contributed by atoms with Gasteiger partial charge in [0.2, 0.25) is 0 Å². The number of ketones is 1. The zero-order chi connectivity index (χ0) is 12.4. The summed E-state index contributed by atoms with van der Waals surface area (Å²) in [6, 6.07) is 0. The summed E-state index contributed by atoms with van der Waals surface area (Å²) in [6.45, 7) is 0.857. The van der Waals surface area contributed by atoms with E-state index in [0.29, 0.717) is 18.9 Å². The van der Waals surface area contributed by atoms with Crippen LogP contribution in [0.5, 0.6) is 0 Å². The van der Waals surface area contributed by atoms with Gasteiger partial charge in [-0.1, -0.05) is 0 Å². The number of imidazole rings is 1. The van der Waals surface area contributed by atoms with Gasteiger partial charge in [-0.15, -0.1) is 11.3 Å². The molecule has 0 amide bonds. The topological polar surface area (TPSA) is 43.6 Å². The number of thiazole rings is 1. The van der Waals surface area contributed by atoms with Crippen LogP contribution >= 0.6 is 11.3 Å². The number of nitrogens with zero attached hydrogens (tertiary/aromatic N) is 2. The Kier molecular flexibility index (Phi) is 3.43. The van der Waals surface area contributed by atoms with Gasteiger partial charge in [0.25, 0.3) is 0 Å². The molecule has 0 N–H and O–H groups in total. The molecule has 18 heavy (non-hydrogen) atoms. The van der Waals surface area contributed by atoms with Crippen LogP contribution in [0.4, 0.5) is 0 Å². The van der Waals surface area contributed by atoms with Gasteiger partial charge in [-0.3, -0.25) is 9.20 Å². The van der Waals surface area contributed by atoms with Crippen molar-refractivity contribution in [2.75, 3.05) is 6.61 Å². The van der Waals surface area contributed by atoms with Crippen LogP contribution in [0.2, 0.25) is 0 Å².